The van der Waals surface area contributed by atoms with Crippen LogP contribution in [0.5, 0.6) is 0 Å². The summed E-state index contributed by atoms with van der Waals surface area (Å²) in [7, 11) is 1.30. The first kappa shape index (κ1) is 20.1. The molecule has 0 aliphatic carbocycles. The van der Waals surface area contributed by atoms with Gasteiger partial charge < -0.3 is 15.0 Å². The number of amides is 1. The van der Waals surface area contributed by atoms with E-state index >= 15 is 0 Å². The number of rotatable bonds is 4. The Balaban J connectivity index is 1.69. The first-order valence-corrected chi connectivity index (χ1v) is 10.0. The maximum atomic E-state index is 14.1. The van der Waals surface area contributed by atoms with Gasteiger partial charge in [0, 0.05) is 6.54 Å². The van der Waals surface area contributed by atoms with Gasteiger partial charge in [-0.3, -0.25) is 4.79 Å². The van der Waals surface area contributed by atoms with Crippen LogP contribution in [-0.2, 0) is 9.53 Å². The molecule has 3 aromatic rings. The number of nitrogens with zero attached hydrogens (tertiary/aromatic N) is 3. The van der Waals surface area contributed by atoms with E-state index in [0.29, 0.717) is 38.7 Å². The monoisotopic (exact) mass is 432 g/mol. The van der Waals surface area contributed by atoms with E-state index in [4.69, 9.17) is 4.74 Å². The number of carbonyl (C=O) groups excluding carboxylic acids is 2. The fourth-order valence-electron chi connectivity index (χ4n) is 3.59. The lowest BCUT2D eigenvalue weighted by molar-refractivity contribution is -0.117. The normalized spacial score (nSPS) is 16.4. The number of hydrogen-bond donors (Lipinski definition) is 1. The maximum Gasteiger partial charge on any atom is 0.348 e. The van der Waals surface area contributed by atoms with Crippen molar-refractivity contribution in [2.75, 3.05) is 23.9 Å². The van der Waals surface area contributed by atoms with Gasteiger partial charge in [0.1, 0.15) is 44.7 Å². The lowest BCUT2D eigenvalue weighted by Gasteiger charge is -2.19. The van der Waals surface area contributed by atoms with Gasteiger partial charge >= 0.3 is 5.97 Å². The van der Waals surface area contributed by atoms with E-state index in [1.165, 1.54) is 24.5 Å². The number of anilines is 2. The highest BCUT2D eigenvalue weighted by molar-refractivity contribution is 7.20. The zero-order chi connectivity index (χ0) is 21.6. The second kappa shape index (κ2) is 7.60. The molecule has 1 saturated heterocycles. The number of aromatic nitrogens is 2. The quantitative estimate of drug-likeness (QED) is 0.635. The smallest absolute Gasteiger partial charge is 0.348 e. The molecule has 7 nitrogen and oxygen atoms in total. The lowest BCUT2D eigenvalue weighted by Crippen LogP contribution is -2.34. The molecule has 1 amide bonds. The van der Waals surface area contributed by atoms with Gasteiger partial charge in [-0.05, 0) is 38.0 Å². The number of methoxy groups -OCH3 is 1. The highest BCUT2D eigenvalue weighted by Gasteiger charge is 2.36. The van der Waals surface area contributed by atoms with Crippen molar-refractivity contribution in [3.63, 3.8) is 0 Å². The summed E-state index contributed by atoms with van der Waals surface area (Å²) >= 11 is 1.18. The van der Waals surface area contributed by atoms with E-state index in [0.717, 1.165) is 17.0 Å². The van der Waals surface area contributed by atoms with Gasteiger partial charge in [-0.1, -0.05) is 6.07 Å². The summed E-state index contributed by atoms with van der Waals surface area (Å²) in [5, 5.41) is 3.71. The van der Waals surface area contributed by atoms with Crippen molar-refractivity contribution >= 4 is 44.9 Å². The number of benzene rings is 1. The van der Waals surface area contributed by atoms with Crippen molar-refractivity contribution < 1.29 is 23.1 Å². The molecule has 0 bridgehead atoms. The van der Waals surface area contributed by atoms with Crippen LogP contribution >= 0.6 is 11.3 Å². The van der Waals surface area contributed by atoms with Gasteiger partial charge in [0.2, 0.25) is 5.91 Å². The average Bonchev–Trinajstić information content (AvgIpc) is 3.22. The second-order valence-electron chi connectivity index (χ2n) is 6.89. The van der Waals surface area contributed by atoms with Gasteiger partial charge in [0.25, 0.3) is 0 Å². The zero-order valence-electron chi connectivity index (χ0n) is 16.5. The molecule has 2 aromatic heterocycles. The lowest BCUT2D eigenvalue weighted by atomic mass is 10.2. The third kappa shape index (κ3) is 3.26. The van der Waals surface area contributed by atoms with Gasteiger partial charge in [0.15, 0.2) is 0 Å². The van der Waals surface area contributed by atoms with Crippen LogP contribution in [0.25, 0.3) is 10.2 Å². The number of thiophene rings is 1. The summed E-state index contributed by atoms with van der Waals surface area (Å²) in [6, 6.07) is 2.77. The van der Waals surface area contributed by atoms with Gasteiger partial charge in [-0.15, -0.1) is 11.3 Å². The number of ether oxygens (including phenoxy) is 1. The Morgan fingerprint density at radius 3 is 2.63 bits per heavy atom. The van der Waals surface area contributed by atoms with Crippen LogP contribution in [0.2, 0.25) is 0 Å². The molecule has 1 aliphatic rings. The van der Waals surface area contributed by atoms with E-state index < -0.39 is 29.6 Å². The van der Waals surface area contributed by atoms with Crippen molar-refractivity contribution in [3.05, 3.63) is 46.1 Å². The van der Waals surface area contributed by atoms with Crippen molar-refractivity contribution in [2.45, 2.75) is 26.3 Å². The van der Waals surface area contributed by atoms with Crippen molar-refractivity contribution in [1.29, 1.82) is 0 Å². The number of carbonyl (C=O) groups is 2. The number of halogens is 2. The topological polar surface area (TPSA) is 84.4 Å². The Morgan fingerprint density at radius 2 is 1.97 bits per heavy atom. The first-order chi connectivity index (χ1) is 14.3. The largest absolute Gasteiger partial charge is 0.465 e. The summed E-state index contributed by atoms with van der Waals surface area (Å²) in [6.45, 7) is 3.62. The summed E-state index contributed by atoms with van der Waals surface area (Å²) in [5.41, 5.74) is 0.294. The number of hydrogen-bond acceptors (Lipinski definition) is 7. The maximum absolute atomic E-state index is 14.1. The van der Waals surface area contributed by atoms with Crippen molar-refractivity contribution in [1.82, 2.24) is 9.97 Å². The van der Waals surface area contributed by atoms with Crippen LogP contribution < -0.4 is 10.2 Å². The standard InChI is InChI=1S/C20H18F2N4O3S/c1-9-14-17(23-10(2)24-18(14)30-16(9)20(28)29-3)25-13-7-8-26(19(13)27)15-11(21)5-4-6-12(15)22/h4-6,13H,7-8H2,1-3H3,(H,23,24,25). The molecule has 3 heterocycles. The van der Waals surface area contributed by atoms with Gasteiger partial charge in [-0.2, -0.15) is 0 Å². The molecule has 1 N–H and O–H groups in total. The summed E-state index contributed by atoms with van der Waals surface area (Å²) < 4.78 is 33.1. The summed E-state index contributed by atoms with van der Waals surface area (Å²) in [5.74, 6) is -1.65. The van der Waals surface area contributed by atoms with E-state index in [9.17, 15) is 18.4 Å². The molecule has 1 aliphatic heterocycles. The van der Waals surface area contributed by atoms with Crippen LogP contribution in [-0.4, -0.2) is 41.5 Å². The van der Waals surface area contributed by atoms with Gasteiger partial charge in [0.05, 0.1) is 12.5 Å². The predicted molar refractivity (Wildman–Crippen MR) is 109 cm³/mol. The van der Waals surface area contributed by atoms with Crippen LogP contribution in [0.1, 0.15) is 27.5 Å². The highest BCUT2D eigenvalue weighted by atomic mass is 32.1. The fraction of sp³-hybridized carbons (Fsp3) is 0.300. The molecule has 4 rings (SSSR count). The molecule has 1 atom stereocenters. The Morgan fingerprint density at radius 1 is 1.27 bits per heavy atom. The molecule has 1 aromatic carbocycles. The number of esters is 1. The van der Waals surface area contributed by atoms with Crippen molar-refractivity contribution in [2.24, 2.45) is 0 Å². The predicted octanol–water partition coefficient (Wildman–Crippen LogP) is 3.59. The number of aryl methyl sites for hydroxylation is 2. The number of para-hydroxylation sites is 1. The number of nitrogens with one attached hydrogen (secondary N) is 1. The van der Waals surface area contributed by atoms with E-state index in [2.05, 4.69) is 15.3 Å². The second-order valence-corrected chi connectivity index (χ2v) is 7.89. The Bertz CT molecular complexity index is 1160. The zero-order valence-corrected chi connectivity index (χ0v) is 17.3. The molecule has 1 fully saturated rings. The molecule has 10 heteroatoms. The minimum absolute atomic E-state index is 0.164. The van der Waals surface area contributed by atoms with Gasteiger partial charge in [-0.25, -0.2) is 23.5 Å². The minimum Gasteiger partial charge on any atom is -0.465 e. The number of fused-ring (bicyclic) bond motifs is 1. The van der Waals surface area contributed by atoms with E-state index in [1.54, 1.807) is 13.8 Å². The molecule has 156 valence electrons. The summed E-state index contributed by atoms with van der Waals surface area (Å²) in [6.07, 6.45) is 0.337. The molecule has 30 heavy (non-hydrogen) atoms. The van der Waals surface area contributed by atoms with E-state index in [-0.39, 0.29) is 12.2 Å². The molecule has 1 unspecified atom stereocenters. The molecule has 0 spiro atoms. The van der Waals surface area contributed by atoms with Crippen LogP contribution in [0.4, 0.5) is 20.3 Å². The Kier molecular flexibility index (Phi) is 5.10. The highest BCUT2D eigenvalue weighted by Crippen LogP contribution is 2.35. The third-order valence-corrected chi connectivity index (χ3v) is 6.16. The summed E-state index contributed by atoms with van der Waals surface area (Å²) in [4.78, 5) is 35.8. The Hall–Kier alpha value is -3.14. The molecular formula is C20H18F2N4O3S. The Labute approximate surface area is 174 Å². The fourth-order valence-corrected chi connectivity index (χ4v) is 4.73. The molecule has 0 saturated carbocycles. The molecular weight excluding hydrogens is 414 g/mol. The third-order valence-electron chi connectivity index (χ3n) is 5.00. The average molecular weight is 432 g/mol. The van der Waals surface area contributed by atoms with Crippen LogP contribution in [0.15, 0.2) is 18.2 Å². The first-order valence-electron chi connectivity index (χ1n) is 9.19. The molecule has 0 radical (unpaired) electrons. The van der Waals surface area contributed by atoms with E-state index in [1.807, 2.05) is 0 Å². The SMILES string of the molecule is COC(=O)c1sc2nc(C)nc(NC3CCN(c4c(F)cccc4F)C3=O)c2c1C. The minimum atomic E-state index is -0.791. The van der Waals surface area contributed by atoms with Crippen LogP contribution in [0.3, 0.4) is 0 Å². The van der Waals surface area contributed by atoms with Crippen molar-refractivity contribution in [3.8, 4) is 0 Å². The van der Waals surface area contributed by atoms with Crippen LogP contribution in [0, 0.1) is 25.5 Å².